The van der Waals surface area contributed by atoms with Crippen molar-refractivity contribution in [2.75, 3.05) is 20.3 Å². The van der Waals surface area contributed by atoms with Crippen molar-refractivity contribution in [3.05, 3.63) is 5.82 Å². The minimum Gasteiger partial charge on any atom is -0.385 e. The summed E-state index contributed by atoms with van der Waals surface area (Å²) in [4.78, 5) is 12.0. The van der Waals surface area contributed by atoms with Gasteiger partial charge in [-0.3, -0.25) is 4.79 Å². The highest BCUT2D eigenvalue weighted by atomic mass is 32.2. The van der Waals surface area contributed by atoms with Gasteiger partial charge in [0.2, 0.25) is 5.91 Å². The van der Waals surface area contributed by atoms with E-state index in [1.165, 1.54) is 11.8 Å². The van der Waals surface area contributed by atoms with Crippen LogP contribution in [0.4, 0.5) is 0 Å². The normalized spacial score (nSPS) is 12.7. The average Bonchev–Trinajstić information content (AvgIpc) is 2.86. The third-order valence-corrected chi connectivity index (χ3v) is 3.97. The van der Waals surface area contributed by atoms with Crippen LogP contribution in [0.15, 0.2) is 5.16 Å². The quantitative estimate of drug-likeness (QED) is 0.520. The highest BCUT2D eigenvalue weighted by Gasteiger charge is 2.20. The van der Waals surface area contributed by atoms with Crippen LogP contribution in [0.2, 0.25) is 0 Å². The Balaban J connectivity index is 2.60. The molecule has 0 saturated heterocycles. The molecule has 21 heavy (non-hydrogen) atoms. The molecular formula is C13H25N5O2S. The Hall–Kier alpha value is -1.12. The zero-order valence-electron chi connectivity index (χ0n) is 13.1. The van der Waals surface area contributed by atoms with Crippen molar-refractivity contribution in [3.63, 3.8) is 0 Å². The Morgan fingerprint density at radius 2 is 2.14 bits per heavy atom. The number of nitrogens with zero attached hydrogens (tertiary/aromatic N) is 3. The van der Waals surface area contributed by atoms with E-state index in [0.29, 0.717) is 19.7 Å². The molecule has 0 saturated carbocycles. The minimum atomic E-state index is -0.236. The van der Waals surface area contributed by atoms with Gasteiger partial charge in [0.25, 0.3) is 0 Å². The fourth-order valence-corrected chi connectivity index (χ4v) is 2.85. The van der Waals surface area contributed by atoms with E-state index in [0.717, 1.165) is 17.4 Å². The second kappa shape index (κ2) is 9.01. The highest BCUT2D eigenvalue weighted by molar-refractivity contribution is 8.00. The smallest absolute Gasteiger partial charge is 0.233 e. The number of nitrogens with one attached hydrogen (secondary N) is 1. The van der Waals surface area contributed by atoms with Crippen LogP contribution in [-0.2, 0) is 16.1 Å². The molecule has 0 bridgehead atoms. The highest BCUT2D eigenvalue weighted by Crippen LogP contribution is 2.25. The predicted molar refractivity (Wildman–Crippen MR) is 83.1 cm³/mol. The van der Waals surface area contributed by atoms with Crippen LogP contribution in [0.5, 0.6) is 0 Å². The summed E-state index contributed by atoms with van der Waals surface area (Å²) in [5.41, 5.74) is 5.66. The van der Waals surface area contributed by atoms with E-state index in [1.54, 1.807) is 7.11 Å². The molecule has 1 rings (SSSR count). The fraction of sp³-hybridized carbons (Fsp3) is 0.769. The predicted octanol–water partition coefficient (Wildman–Crippen LogP) is 0.951. The largest absolute Gasteiger partial charge is 0.385 e. The standard InChI is InChI=1S/C13H25N5O2S/c1-9(2)18-11(8-14)16-17-13(18)21-10(3)12(19)15-6-5-7-20-4/h9-10H,5-8,14H2,1-4H3,(H,15,19). The number of aromatic nitrogens is 3. The zero-order valence-corrected chi connectivity index (χ0v) is 13.9. The number of methoxy groups -OCH3 is 1. The van der Waals surface area contributed by atoms with Crippen LogP contribution >= 0.6 is 11.8 Å². The first-order chi connectivity index (χ1) is 10.0. The molecule has 3 N–H and O–H groups in total. The monoisotopic (exact) mass is 315 g/mol. The van der Waals surface area contributed by atoms with Crippen molar-refractivity contribution in [1.82, 2.24) is 20.1 Å². The van der Waals surface area contributed by atoms with Crippen LogP contribution in [-0.4, -0.2) is 46.2 Å². The Bertz CT molecular complexity index is 450. The topological polar surface area (TPSA) is 95.1 Å². The average molecular weight is 315 g/mol. The van der Waals surface area contributed by atoms with Crippen LogP contribution < -0.4 is 11.1 Å². The summed E-state index contributed by atoms with van der Waals surface area (Å²) in [5, 5.41) is 11.6. The Morgan fingerprint density at radius 3 is 2.71 bits per heavy atom. The van der Waals surface area contributed by atoms with E-state index in [1.807, 2.05) is 25.3 Å². The molecular weight excluding hydrogens is 290 g/mol. The first-order valence-corrected chi connectivity index (χ1v) is 7.96. The van der Waals surface area contributed by atoms with Gasteiger partial charge in [0.1, 0.15) is 5.82 Å². The summed E-state index contributed by atoms with van der Waals surface area (Å²) in [6, 6.07) is 0.206. The molecule has 120 valence electrons. The second-order valence-electron chi connectivity index (χ2n) is 4.96. The molecule has 8 heteroatoms. The van der Waals surface area contributed by atoms with Crippen LogP contribution in [0, 0.1) is 0 Å². The molecule has 7 nitrogen and oxygen atoms in total. The van der Waals surface area contributed by atoms with Crippen molar-refractivity contribution in [2.45, 2.75) is 50.2 Å². The van der Waals surface area contributed by atoms with E-state index in [4.69, 9.17) is 10.5 Å². The van der Waals surface area contributed by atoms with E-state index in [9.17, 15) is 4.79 Å². The molecule has 1 heterocycles. The van der Waals surface area contributed by atoms with E-state index in [-0.39, 0.29) is 17.2 Å². The number of ether oxygens (including phenoxy) is 1. The molecule has 0 fully saturated rings. The van der Waals surface area contributed by atoms with Gasteiger partial charge in [-0.2, -0.15) is 0 Å². The van der Waals surface area contributed by atoms with Crippen molar-refractivity contribution in [2.24, 2.45) is 5.73 Å². The van der Waals surface area contributed by atoms with Gasteiger partial charge in [-0.15, -0.1) is 10.2 Å². The van der Waals surface area contributed by atoms with E-state index < -0.39 is 0 Å². The van der Waals surface area contributed by atoms with E-state index >= 15 is 0 Å². The lowest BCUT2D eigenvalue weighted by atomic mass is 10.4. The molecule has 1 aromatic rings. The number of hydrogen-bond donors (Lipinski definition) is 2. The van der Waals surface area contributed by atoms with Crippen molar-refractivity contribution < 1.29 is 9.53 Å². The van der Waals surface area contributed by atoms with Gasteiger partial charge in [-0.05, 0) is 27.2 Å². The molecule has 1 aromatic heterocycles. The molecule has 0 radical (unpaired) electrons. The van der Waals surface area contributed by atoms with Crippen molar-refractivity contribution in [1.29, 1.82) is 0 Å². The Morgan fingerprint density at radius 1 is 1.43 bits per heavy atom. The Kier molecular flexibility index (Phi) is 7.69. The molecule has 0 aliphatic rings. The summed E-state index contributed by atoms with van der Waals surface area (Å²) in [6.45, 7) is 7.54. The zero-order chi connectivity index (χ0) is 15.8. The third kappa shape index (κ3) is 5.29. The number of rotatable bonds is 9. The Labute approximate surface area is 130 Å². The van der Waals surface area contributed by atoms with Crippen molar-refractivity contribution >= 4 is 17.7 Å². The molecule has 1 amide bonds. The van der Waals surface area contributed by atoms with Gasteiger partial charge in [0, 0.05) is 26.3 Å². The summed E-state index contributed by atoms with van der Waals surface area (Å²) in [6.07, 6.45) is 0.805. The molecule has 0 aliphatic heterocycles. The van der Waals surface area contributed by atoms with Gasteiger partial charge in [-0.25, -0.2) is 0 Å². The first kappa shape index (κ1) is 17.9. The lowest BCUT2D eigenvalue weighted by molar-refractivity contribution is -0.120. The van der Waals surface area contributed by atoms with Gasteiger partial charge in [0.05, 0.1) is 11.8 Å². The van der Waals surface area contributed by atoms with Crippen LogP contribution in [0.25, 0.3) is 0 Å². The van der Waals surface area contributed by atoms with Crippen molar-refractivity contribution in [3.8, 4) is 0 Å². The number of carbonyl (C=O) groups excluding carboxylic acids is 1. The second-order valence-corrected chi connectivity index (χ2v) is 6.27. The lowest BCUT2D eigenvalue weighted by Gasteiger charge is -2.15. The molecule has 0 spiro atoms. The van der Waals surface area contributed by atoms with Crippen LogP contribution in [0.1, 0.15) is 39.1 Å². The number of hydrogen-bond acceptors (Lipinski definition) is 6. The molecule has 0 aliphatic carbocycles. The number of carbonyl (C=O) groups is 1. The summed E-state index contributed by atoms with van der Waals surface area (Å²) in [7, 11) is 1.65. The van der Waals surface area contributed by atoms with Gasteiger partial charge in [-0.1, -0.05) is 11.8 Å². The summed E-state index contributed by atoms with van der Waals surface area (Å²) < 4.78 is 6.92. The maximum atomic E-state index is 12.0. The number of thioether (sulfide) groups is 1. The lowest BCUT2D eigenvalue weighted by Crippen LogP contribution is -2.32. The number of amides is 1. The van der Waals surface area contributed by atoms with Gasteiger partial charge in [0.15, 0.2) is 5.16 Å². The first-order valence-electron chi connectivity index (χ1n) is 7.08. The SMILES string of the molecule is COCCCNC(=O)C(C)Sc1nnc(CN)n1C(C)C. The van der Waals surface area contributed by atoms with Gasteiger partial charge < -0.3 is 20.4 Å². The van der Waals surface area contributed by atoms with E-state index in [2.05, 4.69) is 15.5 Å². The summed E-state index contributed by atoms with van der Waals surface area (Å²) in [5.74, 6) is 0.726. The molecule has 1 atom stereocenters. The summed E-state index contributed by atoms with van der Waals surface area (Å²) >= 11 is 1.40. The molecule has 1 unspecified atom stereocenters. The minimum absolute atomic E-state index is 0.0105. The maximum Gasteiger partial charge on any atom is 0.233 e. The fourth-order valence-electron chi connectivity index (χ4n) is 1.83. The number of nitrogens with two attached hydrogens (primary N) is 1. The van der Waals surface area contributed by atoms with Gasteiger partial charge >= 0.3 is 0 Å². The van der Waals surface area contributed by atoms with Crippen LogP contribution in [0.3, 0.4) is 0 Å². The third-order valence-electron chi connectivity index (χ3n) is 2.91. The molecule has 0 aromatic carbocycles. The maximum absolute atomic E-state index is 12.0.